The Kier molecular flexibility index (Phi) is 2.90. The van der Waals surface area contributed by atoms with Gasteiger partial charge >= 0.3 is 6.17 Å². The van der Waals surface area contributed by atoms with E-state index >= 15 is 0 Å². The zero-order valence-electron chi connectivity index (χ0n) is 9.89. The van der Waals surface area contributed by atoms with Gasteiger partial charge in [0.25, 0.3) is 0 Å². The first-order chi connectivity index (χ1) is 7.60. The Morgan fingerprint density at radius 2 is 2.38 bits per heavy atom. The Balaban J connectivity index is 2.03. The number of nitrogens with two attached hydrogens (primary N) is 1. The minimum Gasteiger partial charge on any atom is -0.320 e. The number of nitrogens with zero attached hydrogens (tertiary/aromatic N) is 2. The Morgan fingerprint density at radius 3 is 2.94 bits per heavy atom. The van der Waals surface area contributed by atoms with Crippen molar-refractivity contribution in [3.05, 3.63) is 11.4 Å². The van der Waals surface area contributed by atoms with Crippen LogP contribution in [0.15, 0.2) is 0 Å². The first kappa shape index (κ1) is 11.4. The van der Waals surface area contributed by atoms with Crippen molar-refractivity contribution < 1.29 is 4.79 Å². The Hall–Kier alpha value is -1.08. The minimum absolute atomic E-state index is 0.0254. The topological polar surface area (TPSA) is 50.7 Å². The van der Waals surface area contributed by atoms with E-state index in [0.29, 0.717) is 11.8 Å². The summed E-state index contributed by atoms with van der Waals surface area (Å²) in [5, 5.41) is 0. The van der Waals surface area contributed by atoms with E-state index in [1.807, 2.05) is 13.8 Å². The monoisotopic (exact) mass is 221 g/mol. The highest BCUT2D eigenvalue weighted by Gasteiger charge is 2.59. The third-order valence-electron chi connectivity index (χ3n) is 4.07. The fraction of sp³-hybridized carbons (Fsp3) is 0.833. The van der Waals surface area contributed by atoms with Crippen molar-refractivity contribution in [3.63, 3.8) is 0 Å². The molecule has 1 aliphatic heterocycles. The molecule has 2 fully saturated rings. The van der Waals surface area contributed by atoms with Gasteiger partial charge in [-0.1, -0.05) is 20.3 Å². The zero-order valence-corrected chi connectivity index (χ0v) is 9.89. The lowest BCUT2D eigenvalue weighted by Gasteiger charge is -2.25. The molecule has 0 bridgehead atoms. The lowest BCUT2D eigenvalue weighted by Crippen LogP contribution is -2.49. The number of fused-ring (bicyclic) bond motifs is 1. The van der Waals surface area contributed by atoms with Gasteiger partial charge in [0.2, 0.25) is 5.91 Å². The van der Waals surface area contributed by atoms with Gasteiger partial charge in [-0.2, -0.15) is 0 Å². The third kappa shape index (κ3) is 1.69. The van der Waals surface area contributed by atoms with E-state index < -0.39 is 6.04 Å². The van der Waals surface area contributed by atoms with Crippen LogP contribution in [0.2, 0.25) is 0 Å². The van der Waals surface area contributed by atoms with Crippen LogP contribution in [0.1, 0.15) is 26.7 Å². The summed E-state index contributed by atoms with van der Waals surface area (Å²) >= 11 is 0. The summed E-state index contributed by atoms with van der Waals surface area (Å²) in [6.07, 6.45) is 1.79. The van der Waals surface area contributed by atoms with Gasteiger partial charge in [-0.25, -0.2) is 6.57 Å². The third-order valence-corrected chi connectivity index (χ3v) is 4.07. The minimum atomic E-state index is -0.438. The molecule has 5 atom stereocenters. The van der Waals surface area contributed by atoms with Crippen LogP contribution in [-0.4, -0.2) is 29.6 Å². The van der Waals surface area contributed by atoms with Crippen molar-refractivity contribution in [2.45, 2.75) is 38.9 Å². The van der Waals surface area contributed by atoms with Crippen LogP contribution in [0.5, 0.6) is 0 Å². The second-order valence-electron chi connectivity index (χ2n) is 5.10. The SMILES string of the molecule is [C-]#[N+]C1[C@@H]2C[C@@H]2CN1C(=O)[C@@H](N)C(C)CC. The Morgan fingerprint density at radius 1 is 1.69 bits per heavy atom. The maximum absolute atomic E-state index is 12.1. The zero-order chi connectivity index (χ0) is 11.9. The van der Waals surface area contributed by atoms with E-state index in [-0.39, 0.29) is 18.0 Å². The van der Waals surface area contributed by atoms with Crippen LogP contribution in [-0.2, 0) is 4.79 Å². The maximum Gasteiger partial charge on any atom is 0.303 e. The van der Waals surface area contributed by atoms with Crippen LogP contribution in [0.4, 0.5) is 0 Å². The summed E-state index contributed by atoms with van der Waals surface area (Å²) in [6, 6.07) is -0.438. The number of hydrogen-bond donors (Lipinski definition) is 1. The standard InChI is InChI=1S/C12H19N3O/c1-4-7(2)10(13)12(16)15-6-8-5-9(8)11(15)14-3/h7-11H,4-6,13H2,1-2H3/t7?,8-,9-,10+,11?/m1/s1. The molecule has 0 aromatic carbocycles. The molecule has 1 saturated carbocycles. The van der Waals surface area contributed by atoms with Crippen LogP contribution in [0, 0.1) is 24.3 Å². The van der Waals surface area contributed by atoms with E-state index in [4.69, 9.17) is 12.3 Å². The summed E-state index contributed by atoms with van der Waals surface area (Å²) in [5.74, 6) is 1.18. The quantitative estimate of drug-likeness (QED) is 0.725. The molecule has 1 heterocycles. The smallest absolute Gasteiger partial charge is 0.303 e. The van der Waals surface area contributed by atoms with Crippen molar-refractivity contribution >= 4 is 5.91 Å². The predicted molar refractivity (Wildman–Crippen MR) is 61.1 cm³/mol. The number of likely N-dealkylation sites (tertiary alicyclic amines) is 1. The molecule has 4 heteroatoms. The summed E-state index contributed by atoms with van der Waals surface area (Å²) < 4.78 is 0. The number of hydrogen-bond acceptors (Lipinski definition) is 2. The highest BCUT2D eigenvalue weighted by molar-refractivity contribution is 5.83. The lowest BCUT2D eigenvalue weighted by atomic mass is 9.99. The average molecular weight is 221 g/mol. The van der Waals surface area contributed by atoms with Crippen molar-refractivity contribution in [2.75, 3.05) is 6.54 Å². The molecule has 16 heavy (non-hydrogen) atoms. The van der Waals surface area contributed by atoms with Gasteiger partial charge in [0.1, 0.15) is 0 Å². The fourth-order valence-corrected chi connectivity index (χ4v) is 2.51. The highest BCUT2D eigenvalue weighted by Crippen LogP contribution is 2.50. The van der Waals surface area contributed by atoms with Gasteiger partial charge in [-0.3, -0.25) is 14.5 Å². The van der Waals surface area contributed by atoms with Crippen LogP contribution < -0.4 is 5.73 Å². The molecule has 0 spiro atoms. The van der Waals surface area contributed by atoms with Crippen molar-refractivity contribution in [3.8, 4) is 0 Å². The van der Waals surface area contributed by atoms with Crippen molar-refractivity contribution in [2.24, 2.45) is 23.5 Å². The van der Waals surface area contributed by atoms with E-state index in [9.17, 15) is 4.79 Å². The van der Waals surface area contributed by atoms with E-state index in [1.165, 1.54) is 0 Å². The molecule has 1 aliphatic carbocycles. The van der Waals surface area contributed by atoms with Crippen LogP contribution in [0.25, 0.3) is 4.85 Å². The average Bonchev–Trinajstić information content (AvgIpc) is 2.98. The van der Waals surface area contributed by atoms with E-state index in [0.717, 1.165) is 19.4 Å². The van der Waals surface area contributed by atoms with E-state index in [1.54, 1.807) is 4.90 Å². The second-order valence-corrected chi connectivity index (χ2v) is 5.10. The Bertz CT molecular complexity index is 336. The summed E-state index contributed by atoms with van der Waals surface area (Å²) in [6.45, 7) is 11.9. The second kappa shape index (κ2) is 4.06. The van der Waals surface area contributed by atoms with Gasteiger partial charge in [0.15, 0.2) is 0 Å². The van der Waals surface area contributed by atoms with Crippen LogP contribution in [0.3, 0.4) is 0 Å². The van der Waals surface area contributed by atoms with Gasteiger partial charge < -0.3 is 5.73 Å². The molecular formula is C12H19N3O. The number of rotatable bonds is 3. The van der Waals surface area contributed by atoms with Crippen molar-refractivity contribution in [1.82, 2.24) is 4.90 Å². The predicted octanol–water partition coefficient (Wildman–Crippen LogP) is 1.08. The Labute approximate surface area is 96.6 Å². The molecule has 2 N–H and O–H groups in total. The molecule has 2 rings (SSSR count). The van der Waals surface area contributed by atoms with Gasteiger partial charge in [-0.15, -0.1) is 0 Å². The lowest BCUT2D eigenvalue weighted by molar-refractivity contribution is -0.134. The van der Waals surface area contributed by atoms with Crippen LogP contribution >= 0.6 is 0 Å². The van der Waals surface area contributed by atoms with Gasteiger partial charge in [0, 0.05) is 6.54 Å². The van der Waals surface area contributed by atoms with E-state index in [2.05, 4.69) is 4.85 Å². The summed E-state index contributed by atoms with van der Waals surface area (Å²) in [7, 11) is 0. The molecule has 2 aliphatic rings. The highest BCUT2D eigenvalue weighted by atomic mass is 16.2. The fourth-order valence-electron chi connectivity index (χ4n) is 2.51. The van der Waals surface area contributed by atoms with Crippen molar-refractivity contribution in [1.29, 1.82) is 0 Å². The molecule has 0 aromatic rings. The molecule has 1 saturated heterocycles. The molecule has 0 radical (unpaired) electrons. The summed E-state index contributed by atoms with van der Waals surface area (Å²) in [5.41, 5.74) is 5.93. The first-order valence-corrected chi connectivity index (χ1v) is 6.02. The number of carbonyl (C=O) groups is 1. The summed E-state index contributed by atoms with van der Waals surface area (Å²) in [4.78, 5) is 17.4. The number of carbonyl (C=O) groups excluding carboxylic acids is 1. The van der Waals surface area contributed by atoms with Gasteiger partial charge in [-0.05, 0) is 18.3 Å². The number of piperidine rings is 1. The largest absolute Gasteiger partial charge is 0.320 e. The molecule has 1 amide bonds. The molecule has 2 unspecified atom stereocenters. The first-order valence-electron chi connectivity index (χ1n) is 6.02. The molecule has 88 valence electrons. The van der Waals surface area contributed by atoms with Gasteiger partial charge in [0.05, 0.1) is 12.0 Å². The molecule has 0 aromatic heterocycles. The molecule has 4 nitrogen and oxygen atoms in total. The number of amides is 1. The molecular weight excluding hydrogens is 202 g/mol. The normalized spacial score (nSPS) is 35.1. The maximum atomic E-state index is 12.1.